The highest BCUT2D eigenvalue weighted by Crippen LogP contribution is 2.32. The van der Waals surface area contributed by atoms with E-state index in [0.29, 0.717) is 23.8 Å². The van der Waals surface area contributed by atoms with Gasteiger partial charge in [0.1, 0.15) is 11.4 Å². The van der Waals surface area contributed by atoms with E-state index in [1.54, 1.807) is 22.9 Å². The highest BCUT2D eigenvalue weighted by Gasteiger charge is 2.22. The molecule has 0 saturated heterocycles. The molecule has 21 heavy (non-hydrogen) atoms. The summed E-state index contributed by atoms with van der Waals surface area (Å²) in [6, 6.07) is 7.33. The molecule has 0 unspecified atom stereocenters. The molecule has 0 radical (unpaired) electrons. The molecule has 0 bridgehead atoms. The molecular weight excluding hydrogens is 276 g/mol. The summed E-state index contributed by atoms with van der Waals surface area (Å²) in [5.74, 6) is 0.152. The van der Waals surface area contributed by atoms with Crippen molar-refractivity contribution in [3.8, 4) is 17.0 Å². The minimum absolute atomic E-state index is 0.152. The molecule has 1 aromatic heterocycles. The van der Waals surface area contributed by atoms with Crippen LogP contribution in [0.5, 0.6) is 5.75 Å². The zero-order valence-corrected chi connectivity index (χ0v) is 11.7. The molecule has 1 aromatic carbocycles. The predicted molar refractivity (Wildman–Crippen MR) is 75.1 cm³/mol. The van der Waals surface area contributed by atoms with Crippen LogP contribution < -0.4 is 10.1 Å². The summed E-state index contributed by atoms with van der Waals surface area (Å²) in [5.41, 5.74) is 2.25. The number of benzene rings is 1. The first-order valence-corrected chi connectivity index (χ1v) is 6.93. The van der Waals surface area contributed by atoms with Crippen molar-refractivity contribution in [2.45, 2.75) is 32.0 Å². The number of aromatic nitrogens is 2. The second-order valence-electron chi connectivity index (χ2n) is 5.21. The standard InChI is InChI=1S/C15H17F2N3O/c1-20-9-10(8-18-11-6-7-11)14(19-20)12-4-2-3-5-13(12)21-15(16)17/h2-5,9,11,15,18H,6-8H2,1H3. The summed E-state index contributed by atoms with van der Waals surface area (Å²) in [6.07, 6.45) is 4.30. The second-order valence-corrected chi connectivity index (χ2v) is 5.21. The fraction of sp³-hybridized carbons (Fsp3) is 0.400. The van der Waals surface area contributed by atoms with Crippen molar-refractivity contribution >= 4 is 0 Å². The first-order chi connectivity index (χ1) is 10.1. The maximum atomic E-state index is 12.5. The van der Waals surface area contributed by atoms with E-state index < -0.39 is 6.61 Å². The third-order valence-corrected chi connectivity index (χ3v) is 3.42. The van der Waals surface area contributed by atoms with Gasteiger partial charge >= 0.3 is 6.61 Å². The van der Waals surface area contributed by atoms with Crippen molar-refractivity contribution in [2.24, 2.45) is 7.05 Å². The molecule has 112 valence electrons. The van der Waals surface area contributed by atoms with Gasteiger partial charge < -0.3 is 10.1 Å². The third-order valence-electron chi connectivity index (χ3n) is 3.42. The van der Waals surface area contributed by atoms with Crippen LogP contribution in [0.3, 0.4) is 0 Å². The van der Waals surface area contributed by atoms with Gasteiger partial charge in [0.05, 0.1) is 0 Å². The molecule has 1 aliphatic rings. The summed E-state index contributed by atoms with van der Waals surface area (Å²) in [5, 5.41) is 7.81. The van der Waals surface area contributed by atoms with E-state index in [9.17, 15) is 8.78 Å². The number of alkyl halides is 2. The van der Waals surface area contributed by atoms with Crippen LogP contribution in [0.25, 0.3) is 11.3 Å². The first kappa shape index (κ1) is 14.0. The second kappa shape index (κ2) is 5.81. The van der Waals surface area contributed by atoms with Crippen molar-refractivity contribution in [3.63, 3.8) is 0 Å². The van der Waals surface area contributed by atoms with E-state index in [1.807, 2.05) is 13.2 Å². The summed E-state index contributed by atoms with van der Waals surface area (Å²) in [7, 11) is 1.82. The summed E-state index contributed by atoms with van der Waals surface area (Å²) in [6.45, 7) is -2.17. The summed E-state index contributed by atoms with van der Waals surface area (Å²) < 4.78 is 31.3. The van der Waals surface area contributed by atoms with Gasteiger partial charge in [-0.15, -0.1) is 0 Å². The predicted octanol–water partition coefficient (Wildman–Crippen LogP) is 2.94. The van der Waals surface area contributed by atoms with Gasteiger partial charge in [-0.3, -0.25) is 4.68 Å². The van der Waals surface area contributed by atoms with Crippen LogP contribution in [0, 0.1) is 0 Å². The quantitative estimate of drug-likeness (QED) is 0.890. The Bertz CT molecular complexity index is 623. The van der Waals surface area contributed by atoms with Gasteiger partial charge in [0.2, 0.25) is 0 Å². The maximum Gasteiger partial charge on any atom is 0.387 e. The van der Waals surface area contributed by atoms with Gasteiger partial charge in [0.15, 0.2) is 0 Å². The van der Waals surface area contributed by atoms with E-state index in [0.717, 1.165) is 5.56 Å². The van der Waals surface area contributed by atoms with E-state index in [1.165, 1.54) is 18.9 Å². The Morgan fingerprint density at radius 2 is 2.14 bits per heavy atom. The van der Waals surface area contributed by atoms with Crippen LogP contribution >= 0.6 is 0 Å². The Morgan fingerprint density at radius 3 is 2.86 bits per heavy atom. The third kappa shape index (κ3) is 3.39. The molecule has 1 aliphatic carbocycles. The van der Waals surface area contributed by atoms with Crippen molar-refractivity contribution < 1.29 is 13.5 Å². The average molecular weight is 293 g/mol. The monoisotopic (exact) mass is 293 g/mol. The van der Waals surface area contributed by atoms with Crippen LogP contribution in [0.2, 0.25) is 0 Å². The topological polar surface area (TPSA) is 39.1 Å². The Kier molecular flexibility index (Phi) is 3.88. The molecule has 1 saturated carbocycles. The molecule has 3 rings (SSSR count). The van der Waals surface area contributed by atoms with E-state index in [-0.39, 0.29) is 5.75 Å². The SMILES string of the molecule is Cn1cc(CNC2CC2)c(-c2ccccc2OC(F)F)n1. The Balaban J connectivity index is 1.91. The van der Waals surface area contributed by atoms with Crippen LogP contribution in [-0.2, 0) is 13.6 Å². The number of nitrogens with zero attached hydrogens (tertiary/aromatic N) is 2. The number of para-hydroxylation sites is 1. The first-order valence-electron chi connectivity index (χ1n) is 6.93. The van der Waals surface area contributed by atoms with Crippen molar-refractivity contribution in [2.75, 3.05) is 0 Å². The number of hydrogen-bond donors (Lipinski definition) is 1. The zero-order valence-electron chi connectivity index (χ0n) is 11.7. The van der Waals surface area contributed by atoms with E-state index in [4.69, 9.17) is 0 Å². The fourth-order valence-corrected chi connectivity index (χ4v) is 2.30. The molecular formula is C15H17F2N3O. The lowest BCUT2D eigenvalue weighted by molar-refractivity contribution is -0.0494. The van der Waals surface area contributed by atoms with Crippen LogP contribution in [0.4, 0.5) is 8.78 Å². The van der Waals surface area contributed by atoms with Gasteiger partial charge in [0.25, 0.3) is 0 Å². The van der Waals surface area contributed by atoms with Crippen molar-refractivity contribution in [1.29, 1.82) is 0 Å². The van der Waals surface area contributed by atoms with Crippen molar-refractivity contribution in [1.82, 2.24) is 15.1 Å². The lowest BCUT2D eigenvalue weighted by Gasteiger charge is -2.10. The number of rotatable bonds is 6. The number of halogens is 2. The van der Waals surface area contributed by atoms with Crippen LogP contribution in [0.1, 0.15) is 18.4 Å². The number of nitrogens with one attached hydrogen (secondary N) is 1. The smallest absolute Gasteiger partial charge is 0.387 e. The number of ether oxygens (including phenoxy) is 1. The summed E-state index contributed by atoms with van der Waals surface area (Å²) >= 11 is 0. The lowest BCUT2D eigenvalue weighted by Crippen LogP contribution is -2.15. The van der Waals surface area contributed by atoms with Crippen molar-refractivity contribution in [3.05, 3.63) is 36.0 Å². The lowest BCUT2D eigenvalue weighted by atomic mass is 10.1. The van der Waals surface area contributed by atoms with Gasteiger partial charge in [-0.1, -0.05) is 12.1 Å². The highest BCUT2D eigenvalue weighted by atomic mass is 19.3. The van der Waals surface area contributed by atoms with Gasteiger partial charge in [-0.05, 0) is 25.0 Å². The fourth-order valence-electron chi connectivity index (χ4n) is 2.30. The Morgan fingerprint density at radius 1 is 1.38 bits per heavy atom. The largest absolute Gasteiger partial charge is 0.434 e. The zero-order chi connectivity index (χ0) is 14.8. The normalized spacial score (nSPS) is 14.7. The molecule has 0 aliphatic heterocycles. The molecule has 1 N–H and O–H groups in total. The van der Waals surface area contributed by atoms with Gasteiger partial charge in [-0.2, -0.15) is 13.9 Å². The van der Waals surface area contributed by atoms with Crippen LogP contribution in [-0.4, -0.2) is 22.4 Å². The molecule has 6 heteroatoms. The minimum Gasteiger partial charge on any atom is -0.434 e. The molecule has 0 amide bonds. The Labute approximate surface area is 121 Å². The minimum atomic E-state index is -2.84. The maximum absolute atomic E-state index is 12.5. The average Bonchev–Trinajstić information content (AvgIpc) is 3.19. The van der Waals surface area contributed by atoms with Gasteiger partial charge in [0, 0.05) is 37.0 Å². The number of hydrogen-bond acceptors (Lipinski definition) is 3. The molecule has 4 nitrogen and oxygen atoms in total. The molecule has 2 aromatic rings. The molecule has 1 heterocycles. The molecule has 1 fully saturated rings. The van der Waals surface area contributed by atoms with E-state index in [2.05, 4.69) is 15.2 Å². The van der Waals surface area contributed by atoms with Crippen LogP contribution in [0.15, 0.2) is 30.5 Å². The Hall–Kier alpha value is -1.95. The van der Waals surface area contributed by atoms with E-state index >= 15 is 0 Å². The summed E-state index contributed by atoms with van der Waals surface area (Å²) in [4.78, 5) is 0. The molecule has 0 atom stereocenters. The van der Waals surface area contributed by atoms with Gasteiger partial charge in [-0.25, -0.2) is 0 Å². The molecule has 0 spiro atoms. The highest BCUT2D eigenvalue weighted by molar-refractivity contribution is 5.69. The number of aryl methyl sites for hydroxylation is 1.